The van der Waals surface area contributed by atoms with Gasteiger partial charge < -0.3 is 14.9 Å². The third kappa shape index (κ3) is 1.31. The average molecular weight is 202 g/mol. The summed E-state index contributed by atoms with van der Waals surface area (Å²) in [6.45, 7) is 5.73. The Morgan fingerprint density at radius 2 is 1.80 bits per heavy atom. The van der Waals surface area contributed by atoms with Crippen LogP contribution < -0.4 is 5.11 Å². The van der Waals surface area contributed by atoms with E-state index in [1.165, 1.54) is 0 Å². The topological polar surface area (TPSA) is 55.9 Å². The van der Waals surface area contributed by atoms with E-state index in [4.69, 9.17) is 0 Å². The van der Waals surface area contributed by atoms with Crippen molar-refractivity contribution in [3.05, 3.63) is 34.5 Å². The highest BCUT2D eigenvalue weighted by Gasteiger charge is 2.11. The third-order valence-electron chi connectivity index (χ3n) is 2.83. The maximum absolute atomic E-state index is 10.9. The monoisotopic (exact) mass is 202 g/mol. The van der Waals surface area contributed by atoms with Crippen LogP contribution in [0.25, 0.3) is 10.9 Å². The van der Waals surface area contributed by atoms with E-state index in [1.807, 2.05) is 26.0 Å². The molecule has 2 rings (SSSR count). The Balaban J connectivity index is 2.93. The second kappa shape index (κ2) is 3.12. The zero-order valence-electron chi connectivity index (χ0n) is 8.97. The molecule has 1 N–H and O–H groups in total. The van der Waals surface area contributed by atoms with Crippen LogP contribution in [0.1, 0.15) is 27.2 Å². The summed E-state index contributed by atoms with van der Waals surface area (Å²) in [5, 5.41) is 11.9. The van der Waals surface area contributed by atoms with Crippen LogP contribution in [0.15, 0.2) is 12.1 Å². The van der Waals surface area contributed by atoms with Crippen molar-refractivity contribution in [1.82, 2.24) is 4.98 Å². The van der Waals surface area contributed by atoms with Gasteiger partial charge in [0.05, 0.1) is 11.7 Å². The summed E-state index contributed by atoms with van der Waals surface area (Å²) in [4.78, 5) is 13.8. The Labute approximate surface area is 87.7 Å². The molecule has 1 aromatic heterocycles. The Kier molecular flexibility index (Phi) is 2.03. The zero-order chi connectivity index (χ0) is 11.2. The summed E-state index contributed by atoms with van der Waals surface area (Å²) >= 11 is 0. The van der Waals surface area contributed by atoms with E-state index < -0.39 is 5.97 Å². The van der Waals surface area contributed by atoms with Crippen LogP contribution in [0.4, 0.5) is 0 Å². The molecule has 0 aliphatic carbocycles. The lowest BCUT2D eigenvalue weighted by Crippen LogP contribution is -2.23. The first-order valence-corrected chi connectivity index (χ1v) is 4.82. The number of H-pyrrole nitrogens is 1. The van der Waals surface area contributed by atoms with Gasteiger partial charge in [-0.1, -0.05) is 12.1 Å². The Bertz CT molecular complexity index is 552. The van der Waals surface area contributed by atoms with Crippen molar-refractivity contribution in [3.63, 3.8) is 0 Å². The molecule has 0 radical (unpaired) electrons. The van der Waals surface area contributed by atoms with Gasteiger partial charge in [0.2, 0.25) is 0 Å². The van der Waals surface area contributed by atoms with Crippen LogP contribution >= 0.6 is 0 Å². The molecular weight excluding hydrogens is 190 g/mol. The number of aromatic amines is 1. The smallest absolute Gasteiger partial charge is 0.0881 e. The summed E-state index contributed by atoms with van der Waals surface area (Å²) in [5.74, 6) is -1.15. The number of rotatable bonds is 1. The first kappa shape index (κ1) is 9.77. The summed E-state index contributed by atoms with van der Waals surface area (Å²) in [7, 11) is 0. The van der Waals surface area contributed by atoms with E-state index in [9.17, 15) is 9.90 Å². The molecule has 3 nitrogen and oxygen atoms in total. The minimum atomic E-state index is -1.15. The predicted molar refractivity (Wildman–Crippen MR) is 56.8 cm³/mol. The largest absolute Gasteiger partial charge is 0.543 e. The lowest BCUT2D eigenvalue weighted by atomic mass is 10.0. The van der Waals surface area contributed by atoms with Crippen LogP contribution in [-0.2, 0) is 0 Å². The van der Waals surface area contributed by atoms with Crippen LogP contribution in [0, 0.1) is 20.8 Å². The van der Waals surface area contributed by atoms with E-state index in [2.05, 4.69) is 4.98 Å². The van der Waals surface area contributed by atoms with E-state index >= 15 is 0 Å². The average Bonchev–Trinajstić information content (AvgIpc) is 2.51. The maximum atomic E-state index is 10.9. The molecule has 1 heterocycles. The molecule has 0 atom stereocenters. The van der Waals surface area contributed by atoms with Gasteiger partial charge in [-0.3, -0.25) is 0 Å². The van der Waals surface area contributed by atoms with Crippen molar-refractivity contribution in [1.29, 1.82) is 0 Å². The summed E-state index contributed by atoms with van der Waals surface area (Å²) in [6, 6.07) is 3.98. The molecule has 0 spiro atoms. The van der Waals surface area contributed by atoms with Crippen molar-refractivity contribution in [2.24, 2.45) is 0 Å². The predicted octanol–water partition coefficient (Wildman–Crippen LogP) is 1.46. The SMILES string of the molecule is Cc1ccc(C)c2c(C)c(C(=O)[O-])[nH]c12. The van der Waals surface area contributed by atoms with Crippen molar-refractivity contribution in [3.8, 4) is 0 Å². The van der Waals surface area contributed by atoms with Gasteiger partial charge in [-0.15, -0.1) is 0 Å². The second-order valence-electron chi connectivity index (χ2n) is 3.86. The number of carbonyl (C=O) groups is 1. The van der Waals surface area contributed by atoms with Gasteiger partial charge in [0, 0.05) is 10.9 Å². The van der Waals surface area contributed by atoms with E-state index in [-0.39, 0.29) is 5.69 Å². The highest BCUT2D eigenvalue weighted by molar-refractivity contribution is 5.98. The standard InChI is InChI=1S/C12H13NO2/c1-6-4-5-7(2)10-9(6)8(3)11(13-10)12(14)15/h4-5,13H,1-3H3,(H,14,15)/p-1. The van der Waals surface area contributed by atoms with Gasteiger partial charge in [-0.2, -0.15) is 0 Å². The molecule has 2 aromatic rings. The summed E-state index contributed by atoms with van der Waals surface area (Å²) < 4.78 is 0. The molecule has 0 unspecified atom stereocenters. The van der Waals surface area contributed by atoms with E-state index in [0.717, 1.165) is 27.6 Å². The summed E-state index contributed by atoms with van der Waals surface area (Å²) in [5.41, 5.74) is 3.96. The van der Waals surface area contributed by atoms with Crippen LogP contribution in [0.5, 0.6) is 0 Å². The summed E-state index contributed by atoms with van der Waals surface area (Å²) in [6.07, 6.45) is 0. The Morgan fingerprint density at radius 3 is 2.33 bits per heavy atom. The van der Waals surface area contributed by atoms with Crippen molar-refractivity contribution >= 4 is 16.9 Å². The van der Waals surface area contributed by atoms with Crippen LogP contribution in [-0.4, -0.2) is 11.0 Å². The van der Waals surface area contributed by atoms with E-state index in [1.54, 1.807) is 6.92 Å². The van der Waals surface area contributed by atoms with Gasteiger partial charge in [0.15, 0.2) is 0 Å². The molecule has 0 amide bonds. The van der Waals surface area contributed by atoms with Crippen molar-refractivity contribution < 1.29 is 9.90 Å². The molecular formula is C12H12NO2-. The van der Waals surface area contributed by atoms with Gasteiger partial charge >= 0.3 is 0 Å². The molecule has 0 bridgehead atoms. The van der Waals surface area contributed by atoms with Crippen LogP contribution in [0.3, 0.4) is 0 Å². The number of hydrogen-bond acceptors (Lipinski definition) is 2. The molecule has 0 saturated carbocycles. The lowest BCUT2D eigenvalue weighted by Gasteiger charge is -2.00. The number of aromatic carboxylic acids is 1. The number of benzene rings is 1. The molecule has 15 heavy (non-hydrogen) atoms. The molecule has 1 aromatic carbocycles. The molecule has 3 heteroatoms. The minimum absolute atomic E-state index is 0.183. The number of fused-ring (bicyclic) bond motifs is 1. The molecule has 0 fully saturated rings. The quantitative estimate of drug-likeness (QED) is 0.761. The fourth-order valence-corrected chi connectivity index (χ4v) is 2.00. The Morgan fingerprint density at radius 1 is 1.20 bits per heavy atom. The minimum Gasteiger partial charge on any atom is -0.543 e. The number of nitrogens with one attached hydrogen (secondary N) is 1. The number of hydrogen-bond donors (Lipinski definition) is 1. The molecule has 0 aliphatic rings. The lowest BCUT2D eigenvalue weighted by molar-refractivity contribution is -0.255. The highest BCUT2D eigenvalue weighted by Crippen LogP contribution is 2.27. The van der Waals surface area contributed by atoms with Gasteiger partial charge in [-0.05, 0) is 37.5 Å². The van der Waals surface area contributed by atoms with Gasteiger partial charge in [0.1, 0.15) is 0 Å². The number of carboxylic acids is 1. The van der Waals surface area contributed by atoms with Gasteiger partial charge in [0.25, 0.3) is 0 Å². The fourth-order valence-electron chi connectivity index (χ4n) is 2.00. The number of aryl methyl sites for hydroxylation is 3. The van der Waals surface area contributed by atoms with Gasteiger partial charge in [-0.25, -0.2) is 0 Å². The first-order valence-electron chi connectivity index (χ1n) is 4.82. The normalized spacial score (nSPS) is 10.9. The Hall–Kier alpha value is -1.77. The first-order chi connectivity index (χ1) is 7.02. The zero-order valence-corrected chi connectivity index (χ0v) is 8.97. The van der Waals surface area contributed by atoms with Crippen molar-refractivity contribution in [2.45, 2.75) is 20.8 Å². The van der Waals surface area contributed by atoms with E-state index in [0.29, 0.717) is 0 Å². The number of aromatic nitrogens is 1. The maximum Gasteiger partial charge on any atom is 0.0881 e. The highest BCUT2D eigenvalue weighted by atomic mass is 16.4. The molecule has 78 valence electrons. The molecule has 0 saturated heterocycles. The number of carbonyl (C=O) groups excluding carboxylic acids is 1. The number of carboxylic acid groups (broad SMARTS) is 1. The van der Waals surface area contributed by atoms with Crippen molar-refractivity contribution in [2.75, 3.05) is 0 Å². The fraction of sp³-hybridized carbons (Fsp3) is 0.250. The molecule has 0 aliphatic heterocycles. The van der Waals surface area contributed by atoms with Crippen LogP contribution in [0.2, 0.25) is 0 Å². The second-order valence-corrected chi connectivity index (χ2v) is 3.86. The third-order valence-corrected chi connectivity index (χ3v) is 2.83.